The van der Waals surface area contributed by atoms with Crippen molar-refractivity contribution in [2.24, 2.45) is 0 Å². The molecular formula is C11H16NO3P. The molecule has 1 heterocycles. The first-order valence-corrected chi connectivity index (χ1v) is 6.77. The van der Waals surface area contributed by atoms with E-state index in [1.165, 1.54) is 0 Å². The van der Waals surface area contributed by atoms with E-state index >= 15 is 0 Å². The molecule has 1 aliphatic heterocycles. The summed E-state index contributed by atoms with van der Waals surface area (Å²) in [7, 11) is -1.42. The van der Waals surface area contributed by atoms with Crippen molar-refractivity contribution >= 4 is 13.4 Å². The monoisotopic (exact) mass is 241 g/mol. The number of hydrogen-bond acceptors (Lipinski definition) is 3. The van der Waals surface area contributed by atoms with Crippen LogP contribution in [0.25, 0.3) is 0 Å². The minimum absolute atomic E-state index is 0.126. The lowest BCUT2D eigenvalue weighted by Crippen LogP contribution is -2.24. The molecule has 4 nitrogen and oxygen atoms in total. The van der Waals surface area contributed by atoms with E-state index in [0.29, 0.717) is 6.61 Å². The van der Waals surface area contributed by atoms with Gasteiger partial charge in [-0.3, -0.25) is 13.7 Å². The molecule has 1 atom stereocenters. The highest BCUT2D eigenvalue weighted by atomic mass is 31.2. The fourth-order valence-corrected chi connectivity index (χ4v) is 3.36. The Balaban J connectivity index is 2.34. The summed E-state index contributed by atoms with van der Waals surface area (Å²) < 4.78 is 24.8. The lowest BCUT2D eigenvalue weighted by molar-refractivity contribution is 0.158. The van der Waals surface area contributed by atoms with E-state index in [1.54, 1.807) is 11.7 Å². The molecule has 2 rings (SSSR count). The van der Waals surface area contributed by atoms with Crippen LogP contribution in [-0.2, 0) is 20.2 Å². The summed E-state index contributed by atoms with van der Waals surface area (Å²) in [6.07, 6.45) is -0.126. The normalized spacial score (nSPS) is 24.6. The van der Waals surface area contributed by atoms with Gasteiger partial charge in [0.2, 0.25) is 0 Å². The van der Waals surface area contributed by atoms with Gasteiger partial charge in [-0.25, -0.2) is 4.57 Å². The van der Waals surface area contributed by atoms with Gasteiger partial charge >= 0.3 is 7.75 Å². The van der Waals surface area contributed by atoms with E-state index < -0.39 is 7.75 Å². The Morgan fingerprint density at radius 1 is 1.44 bits per heavy atom. The van der Waals surface area contributed by atoms with Crippen LogP contribution in [0.15, 0.2) is 24.3 Å². The molecule has 0 aliphatic carbocycles. The van der Waals surface area contributed by atoms with Crippen molar-refractivity contribution in [3.8, 4) is 0 Å². The van der Waals surface area contributed by atoms with E-state index in [1.807, 2.05) is 38.1 Å². The minimum Gasteiger partial charge on any atom is -0.289 e. The third-order valence-electron chi connectivity index (χ3n) is 2.43. The number of rotatable bonds is 2. The van der Waals surface area contributed by atoms with Crippen molar-refractivity contribution in [2.75, 3.05) is 11.7 Å². The SMILES string of the molecule is CC(C)OP1(=O)OCc2ccccc2N1C. The van der Waals surface area contributed by atoms with Crippen LogP contribution >= 0.6 is 7.75 Å². The Labute approximate surface area is 95.8 Å². The molecule has 1 aromatic carbocycles. The molecule has 0 saturated carbocycles. The van der Waals surface area contributed by atoms with Crippen LogP contribution < -0.4 is 4.67 Å². The molecule has 0 amide bonds. The Bertz CT molecular complexity index is 433. The largest absolute Gasteiger partial charge is 0.435 e. The maximum Gasteiger partial charge on any atom is 0.435 e. The third-order valence-corrected chi connectivity index (χ3v) is 4.53. The van der Waals surface area contributed by atoms with Crippen LogP contribution in [0.2, 0.25) is 0 Å². The van der Waals surface area contributed by atoms with Crippen LogP contribution in [0.3, 0.4) is 0 Å². The van der Waals surface area contributed by atoms with Gasteiger partial charge in [-0.15, -0.1) is 0 Å². The maximum atomic E-state index is 12.4. The lowest BCUT2D eigenvalue weighted by Gasteiger charge is -2.34. The van der Waals surface area contributed by atoms with Gasteiger partial charge in [-0.1, -0.05) is 18.2 Å². The molecule has 0 N–H and O–H groups in total. The quantitative estimate of drug-likeness (QED) is 0.745. The van der Waals surface area contributed by atoms with E-state index in [-0.39, 0.29) is 6.10 Å². The first-order valence-electron chi connectivity index (χ1n) is 5.28. The van der Waals surface area contributed by atoms with Gasteiger partial charge in [-0.2, -0.15) is 0 Å². The first-order chi connectivity index (χ1) is 7.53. The van der Waals surface area contributed by atoms with Gasteiger partial charge in [0.25, 0.3) is 0 Å². The zero-order valence-electron chi connectivity index (χ0n) is 9.71. The fourth-order valence-electron chi connectivity index (χ4n) is 1.69. The average molecular weight is 241 g/mol. The van der Waals surface area contributed by atoms with Gasteiger partial charge in [-0.05, 0) is 19.9 Å². The summed E-state index contributed by atoms with van der Waals surface area (Å²) in [4.78, 5) is 0. The molecule has 0 saturated heterocycles. The number of hydrogen-bond donors (Lipinski definition) is 0. The number of benzene rings is 1. The predicted molar refractivity (Wildman–Crippen MR) is 63.5 cm³/mol. The topological polar surface area (TPSA) is 38.8 Å². The van der Waals surface area contributed by atoms with Crippen molar-refractivity contribution in [3.63, 3.8) is 0 Å². The molecule has 0 bridgehead atoms. The van der Waals surface area contributed by atoms with Crippen molar-refractivity contribution in [3.05, 3.63) is 29.8 Å². The van der Waals surface area contributed by atoms with Crippen molar-refractivity contribution in [1.29, 1.82) is 0 Å². The maximum absolute atomic E-state index is 12.4. The standard InChI is InChI=1S/C11H16NO3P/c1-9(2)15-16(13)12(3)11-7-5-4-6-10(11)8-14-16/h4-7,9H,8H2,1-3H3. The number of anilines is 1. The molecule has 0 fully saturated rings. The smallest absolute Gasteiger partial charge is 0.289 e. The molecule has 0 radical (unpaired) electrons. The Morgan fingerprint density at radius 2 is 2.12 bits per heavy atom. The molecule has 88 valence electrons. The van der Waals surface area contributed by atoms with Crippen molar-refractivity contribution < 1.29 is 13.6 Å². The van der Waals surface area contributed by atoms with Crippen LogP contribution in [-0.4, -0.2) is 13.2 Å². The zero-order valence-corrected chi connectivity index (χ0v) is 10.6. The number of para-hydroxylation sites is 1. The summed E-state index contributed by atoms with van der Waals surface area (Å²) in [5.41, 5.74) is 1.95. The zero-order chi connectivity index (χ0) is 11.8. The Morgan fingerprint density at radius 3 is 2.81 bits per heavy atom. The second-order valence-corrected chi connectivity index (χ2v) is 6.05. The van der Waals surface area contributed by atoms with E-state index in [0.717, 1.165) is 11.3 Å². The van der Waals surface area contributed by atoms with Gasteiger partial charge in [0.1, 0.15) is 0 Å². The Kier molecular flexibility index (Phi) is 3.06. The highest BCUT2D eigenvalue weighted by Crippen LogP contribution is 2.58. The summed E-state index contributed by atoms with van der Waals surface area (Å²) in [6, 6.07) is 7.74. The van der Waals surface area contributed by atoms with E-state index in [9.17, 15) is 4.57 Å². The molecule has 0 aromatic heterocycles. The molecule has 1 aromatic rings. The summed E-state index contributed by atoms with van der Waals surface area (Å²) >= 11 is 0. The molecular weight excluding hydrogens is 225 g/mol. The van der Waals surface area contributed by atoms with Crippen LogP contribution in [0.1, 0.15) is 19.4 Å². The van der Waals surface area contributed by atoms with Crippen LogP contribution in [0, 0.1) is 0 Å². The fraction of sp³-hybridized carbons (Fsp3) is 0.455. The van der Waals surface area contributed by atoms with Gasteiger partial charge in [0.05, 0.1) is 18.4 Å². The number of fused-ring (bicyclic) bond motifs is 1. The van der Waals surface area contributed by atoms with Gasteiger partial charge in [0, 0.05) is 12.6 Å². The van der Waals surface area contributed by atoms with Gasteiger partial charge in [0.15, 0.2) is 0 Å². The van der Waals surface area contributed by atoms with Crippen LogP contribution in [0.4, 0.5) is 5.69 Å². The van der Waals surface area contributed by atoms with E-state index in [2.05, 4.69) is 0 Å². The average Bonchev–Trinajstić information content (AvgIpc) is 2.24. The van der Waals surface area contributed by atoms with Crippen molar-refractivity contribution in [2.45, 2.75) is 26.6 Å². The predicted octanol–water partition coefficient (Wildman–Crippen LogP) is 3.19. The molecule has 5 heteroatoms. The second kappa shape index (κ2) is 4.21. The third kappa shape index (κ3) is 2.01. The highest BCUT2D eigenvalue weighted by Gasteiger charge is 2.37. The highest BCUT2D eigenvalue weighted by molar-refractivity contribution is 7.55. The molecule has 1 aliphatic rings. The summed E-state index contributed by atoms with van der Waals surface area (Å²) in [5.74, 6) is 0. The molecule has 16 heavy (non-hydrogen) atoms. The van der Waals surface area contributed by atoms with Crippen molar-refractivity contribution in [1.82, 2.24) is 0 Å². The summed E-state index contributed by atoms with van der Waals surface area (Å²) in [5, 5.41) is 0. The van der Waals surface area contributed by atoms with Crippen LogP contribution in [0.5, 0.6) is 0 Å². The number of nitrogens with zero attached hydrogens (tertiary/aromatic N) is 1. The van der Waals surface area contributed by atoms with E-state index in [4.69, 9.17) is 9.05 Å². The molecule has 0 spiro atoms. The summed E-state index contributed by atoms with van der Waals surface area (Å²) in [6.45, 7) is 4.03. The lowest BCUT2D eigenvalue weighted by atomic mass is 10.2. The minimum atomic E-state index is -3.16. The second-order valence-electron chi connectivity index (χ2n) is 4.05. The Hall–Kier alpha value is -0.830. The molecule has 1 unspecified atom stereocenters. The van der Waals surface area contributed by atoms with Gasteiger partial charge < -0.3 is 0 Å². The first kappa shape index (κ1) is 11.6.